The number of hydrogen-bond donors (Lipinski definition) is 1. The minimum Gasteiger partial charge on any atom is -0.323 e. The van der Waals surface area contributed by atoms with Gasteiger partial charge in [0.25, 0.3) is 0 Å². The molecule has 0 bridgehead atoms. The first-order chi connectivity index (χ1) is 7.90. The van der Waals surface area contributed by atoms with Crippen LogP contribution in [-0.4, -0.2) is 23.5 Å². The quantitative estimate of drug-likeness (QED) is 0.867. The van der Waals surface area contributed by atoms with Crippen LogP contribution in [0.3, 0.4) is 0 Å². The SMILES string of the molecule is Cc1ccc(CN2CC(N)(C(C)C)C2)cc1C. The van der Waals surface area contributed by atoms with E-state index in [9.17, 15) is 0 Å². The molecule has 0 radical (unpaired) electrons. The van der Waals surface area contributed by atoms with Crippen molar-refractivity contribution in [2.24, 2.45) is 11.7 Å². The van der Waals surface area contributed by atoms with E-state index in [1.54, 1.807) is 0 Å². The highest BCUT2D eigenvalue weighted by molar-refractivity contribution is 5.30. The van der Waals surface area contributed by atoms with Crippen LogP contribution in [0.1, 0.15) is 30.5 Å². The van der Waals surface area contributed by atoms with E-state index in [1.165, 1.54) is 16.7 Å². The molecule has 0 amide bonds. The fraction of sp³-hybridized carbons (Fsp3) is 0.600. The van der Waals surface area contributed by atoms with Gasteiger partial charge >= 0.3 is 0 Å². The van der Waals surface area contributed by atoms with Gasteiger partial charge in [-0.05, 0) is 36.5 Å². The summed E-state index contributed by atoms with van der Waals surface area (Å²) in [5.74, 6) is 0.568. The van der Waals surface area contributed by atoms with Gasteiger partial charge in [-0.25, -0.2) is 0 Å². The molecular weight excluding hydrogens is 208 g/mol. The van der Waals surface area contributed by atoms with Crippen LogP contribution in [0.15, 0.2) is 18.2 Å². The average Bonchev–Trinajstić information content (AvgIpc) is 2.20. The Balaban J connectivity index is 1.94. The first-order valence-electron chi connectivity index (χ1n) is 6.48. The van der Waals surface area contributed by atoms with Crippen molar-refractivity contribution in [1.29, 1.82) is 0 Å². The topological polar surface area (TPSA) is 29.3 Å². The summed E-state index contributed by atoms with van der Waals surface area (Å²) in [6.45, 7) is 11.9. The molecule has 17 heavy (non-hydrogen) atoms. The van der Waals surface area contributed by atoms with E-state index in [-0.39, 0.29) is 5.54 Å². The van der Waals surface area contributed by atoms with Gasteiger partial charge in [0, 0.05) is 25.2 Å². The second-order valence-electron chi connectivity index (χ2n) is 5.95. The zero-order valence-corrected chi connectivity index (χ0v) is 11.5. The Morgan fingerprint density at radius 3 is 2.41 bits per heavy atom. The van der Waals surface area contributed by atoms with Gasteiger partial charge in [-0.2, -0.15) is 0 Å². The van der Waals surface area contributed by atoms with E-state index in [4.69, 9.17) is 5.73 Å². The molecular formula is C15H24N2. The van der Waals surface area contributed by atoms with Crippen molar-refractivity contribution >= 4 is 0 Å². The van der Waals surface area contributed by atoms with Gasteiger partial charge in [0.05, 0.1) is 0 Å². The summed E-state index contributed by atoms with van der Waals surface area (Å²) in [7, 11) is 0. The highest BCUT2D eigenvalue weighted by Crippen LogP contribution is 2.27. The van der Waals surface area contributed by atoms with Crippen LogP contribution in [0.4, 0.5) is 0 Å². The number of aryl methyl sites for hydroxylation is 2. The van der Waals surface area contributed by atoms with E-state index in [2.05, 4.69) is 50.8 Å². The van der Waals surface area contributed by atoms with Crippen LogP contribution < -0.4 is 5.73 Å². The van der Waals surface area contributed by atoms with Gasteiger partial charge in [0.15, 0.2) is 0 Å². The molecule has 1 aliphatic heterocycles. The highest BCUT2D eigenvalue weighted by Gasteiger charge is 2.41. The predicted molar refractivity (Wildman–Crippen MR) is 72.9 cm³/mol. The highest BCUT2D eigenvalue weighted by atomic mass is 15.2. The van der Waals surface area contributed by atoms with Crippen LogP contribution >= 0.6 is 0 Å². The Hall–Kier alpha value is -0.860. The third-order valence-corrected chi connectivity index (χ3v) is 4.16. The smallest absolute Gasteiger partial charge is 0.0435 e. The van der Waals surface area contributed by atoms with Crippen molar-refractivity contribution < 1.29 is 0 Å². The van der Waals surface area contributed by atoms with E-state index < -0.39 is 0 Å². The Kier molecular flexibility index (Phi) is 3.28. The summed E-state index contributed by atoms with van der Waals surface area (Å²) < 4.78 is 0. The maximum atomic E-state index is 6.30. The Labute approximate surface area is 105 Å². The van der Waals surface area contributed by atoms with E-state index >= 15 is 0 Å². The number of likely N-dealkylation sites (tertiary alicyclic amines) is 1. The van der Waals surface area contributed by atoms with Crippen LogP contribution in [0.2, 0.25) is 0 Å². The van der Waals surface area contributed by atoms with Crippen molar-refractivity contribution in [2.75, 3.05) is 13.1 Å². The van der Waals surface area contributed by atoms with Gasteiger partial charge in [0.1, 0.15) is 0 Å². The molecule has 1 aliphatic rings. The molecule has 2 rings (SSSR count). The molecule has 2 N–H and O–H groups in total. The minimum absolute atomic E-state index is 0.0414. The second-order valence-corrected chi connectivity index (χ2v) is 5.95. The number of benzene rings is 1. The van der Waals surface area contributed by atoms with Crippen LogP contribution in [0, 0.1) is 19.8 Å². The normalized spacial score (nSPS) is 19.4. The van der Waals surface area contributed by atoms with Crippen molar-refractivity contribution in [1.82, 2.24) is 4.90 Å². The molecule has 2 nitrogen and oxygen atoms in total. The standard InChI is InChI=1S/C15H24N2/c1-11(2)15(16)9-17(10-15)8-14-6-5-12(3)13(4)7-14/h5-7,11H,8-10,16H2,1-4H3. The molecule has 0 aliphatic carbocycles. The number of rotatable bonds is 3. The maximum Gasteiger partial charge on any atom is 0.0435 e. The zero-order valence-electron chi connectivity index (χ0n) is 11.5. The summed E-state index contributed by atoms with van der Waals surface area (Å²) in [4.78, 5) is 2.43. The van der Waals surface area contributed by atoms with Crippen molar-refractivity contribution in [3.63, 3.8) is 0 Å². The average molecular weight is 232 g/mol. The Morgan fingerprint density at radius 1 is 1.24 bits per heavy atom. The fourth-order valence-corrected chi connectivity index (χ4v) is 2.42. The maximum absolute atomic E-state index is 6.30. The van der Waals surface area contributed by atoms with Crippen molar-refractivity contribution in [3.8, 4) is 0 Å². The first-order valence-corrected chi connectivity index (χ1v) is 6.48. The lowest BCUT2D eigenvalue weighted by molar-refractivity contribution is 0.0313. The third-order valence-electron chi connectivity index (χ3n) is 4.16. The number of nitrogens with two attached hydrogens (primary N) is 1. The molecule has 0 aromatic heterocycles. The van der Waals surface area contributed by atoms with Gasteiger partial charge in [0.2, 0.25) is 0 Å². The number of nitrogens with zero attached hydrogens (tertiary/aromatic N) is 1. The van der Waals surface area contributed by atoms with Crippen LogP contribution in [-0.2, 0) is 6.54 Å². The summed E-state index contributed by atoms with van der Waals surface area (Å²) in [6, 6.07) is 6.73. The molecule has 1 fully saturated rings. The molecule has 2 heteroatoms. The third kappa shape index (κ3) is 2.53. The van der Waals surface area contributed by atoms with Crippen molar-refractivity contribution in [3.05, 3.63) is 34.9 Å². The zero-order chi connectivity index (χ0) is 12.6. The van der Waals surface area contributed by atoms with Gasteiger partial charge in [-0.3, -0.25) is 4.90 Å². The summed E-state index contributed by atoms with van der Waals surface area (Å²) in [6.07, 6.45) is 0. The Bertz CT molecular complexity index is 403. The lowest BCUT2D eigenvalue weighted by Gasteiger charge is -2.50. The van der Waals surface area contributed by atoms with Crippen LogP contribution in [0.5, 0.6) is 0 Å². The lowest BCUT2D eigenvalue weighted by Crippen LogP contribution is -2.69. The number of hydrogen-bond acceptors (Lipinski definition) is 2. The monoisotopic (exact) mass is 232 g/mol. The van der Waals surface area contributed by atoms with Crippen molar-refractivity contribution in [2.45, 2.75) is 39.8 Å². The second kappa shape index (κ2) is 4.43. The molecule has 94 valence electrons. The van der Waals surface area contributed by atoms with Gasteiger partial charge in [-0.15, -0.1) is 0 Å². The van der Waals surface area contributed by atoms with Gasteiger partial charge in [-0.1, -0.05) is 32.0 Å². The largest absolute Gasteiger partial charge is 0.323 e. The molecule has 1 aromatic carbocycles. The molecule has 0 unspecified atom stereocenters. The molecule has 1 saturated heterocycles. The Morgan fingerprint density at radius 2 is 1.88 bits per heavy atom. The fourth-order valence-electron chi connectivity index (χ4n) is 2.42. The minimum atomic E-state index is 0.0414. The van der Waals surface area contributed by atoms with Gasteiger partial charge < -0.3 is 5.73 Å². The summed E-state index contributed by atoms with van der Waals surface area (Å²) >= 11 is 0. The van der Waals surface area contributed by atoms with E-state index in [0.29, 0.717) is 5.92 Å². The molecule has 0 spiro atoms. The molecule has 1 aromatic rings. The lowest BCUT2D eigenvalue weighted by atomic mass is 9.80. The molecule has 0 saturated carbocycles. The summed E-state index contributed by atoms with van der Waals surface area (Å²) in [5.41, 5.74) is 10.5. The molecule has 0 atom stereocenters. The van der Waals surface area contributed by atoms with Crippen LogP contribution in [0.25, 0.3) is 0 Å². The predicted octanol–water partition coefficient (Wildman–Crippen LogP) is 2.47. The summed E-state index contributed by atoms with van der Waals surface area (Å²) in [5, 5.41) is 0. The molecule has 1 heterocycles. The first kappa shape index (κ1) is 12.6. The van der Waals surface area contributed by atoms with E-state index in [1.807, 2.05) is 0 Å². The van der Waals surface area contributed by atoms with E-state index in [0.717, 1.165) is 19.6 Å².